The van der Waals surface area contributed by atoms with E-state index < -0.39 is 17.6 Å². The first-order valence-corrected chi connectivity index (χ1v) is 10.8. The molecule has 1 aliphatic heterocycles. The van der Waals surface area contributed by atoms with Crippen LogP contribution in [0.15, 0.2) is 89.9 Å². The zero-order valence-corrected chi connectivity index (χ0v) is 18.1. The molecule has 3 aromatic rings. The van der Waals surface area contributed by atoms with Gasteiger partial charge in [0.1, 0.15) is 5.75 Å². The van der Waals surface area contributed by atoms with Crippen LogP contribution in [0.5, 0.6) is 5.75 Å². The predicted molar refractivity (Wildman–Crippen MR) is 123 cm³/mol. The molecule has 0 aliphatic carbocycles. The van der Waals surface area contributed by atoms with E-state index in [0.29, 0.717) is 30.2 Å². The van der Waals surface area contributed by atoms with Crippen molar-refractivity contribution in [2.24, 2.45) is 4.99 Å². The summed E-state index contributed by atoms with van der Waals surface area (Å²) >= 11 is 0. The Morgan fingerprint density at radius 2 is 1.67 bits per heavy atom. The van der Waals surface area contributed by atoms with Gasteiger partial charge in [0.25, 0.3) is 5.91 Å². The fraction of sp³-hybridized carbons (Fsp3) is 0.231. The molecule has 4 rings (SSSR count). The summed E-state index contributed by atoms with van der Waals surface area (Å²) in [5.74, 6) is 0.332. The average molecular weight is 447 g/mol. The molecule has 0 bridgehead atoms. The molecule has 1 heterocycles. The maximum atomic E-state index is 13.1. The van der Waals surface area contributed by atoms with E-state index in [4.69, 9.17) is 19.6 Å². The second-order valence-corrected chi connectivity index (χ2v) is 7.80. The minimum absolute atomic E-state index is 0.0695. The minimum Gasteiger partial charge on any atom is -0.494 e. The summed E-state index contributed by atoms with van der Waals surface area (Å²) in [7, 11) is 0. The number of rotatable bonds is 9. The number of hydrogen-bond donors (Lipinski definition) is 3. The lowest BCUT2D eigenvalue weighted by Gasteiger charge is -2.29. The van der Waals surface area contributed by atoms with Crippen LogP contribution < -0.4 is 10.2 Å². The van der Waals surface area contributed by atoms with Gasteiger partial charge in [-0.15, -0.1) is 0 Å². The number of amides is 1. The van der Waals surface area contributed by atoms with Crippen molar-refractivity contribution in [2.45, 2.75) is 24.5 Å². The zero-order valence-electron chi connectivity index (χ0n) is 18.1. The van der Waals surface area contributed by atoms with Crippen molar-refractivity contribution < 1.29 is 24.6 Å². The van der Waals surface area contributed by atoms with Crippen molar-refractivity contribution in [3.63, 3.8) is 0 Å². The van der Waals surface area contributed by atoms with Gasteiger partial charge in [-0.3, -0.25) is 10.0 Å². The molecule has 33 heavy (non-hydrogen) atoms. The largest absolute Gasteiger partial charge is 0.494 e. The number of aliphatic hydroxyl groups is 1. The van der Waals surface area contributed by atoms with Crippen LogP contribution in [-0.2, 0) is 16.0 Å². The van der Waals surface area contributed by atoms with E-state index in [2.05, 4.69) is 0 Å². The summed E-state index contributed by atoms with van der Waals surface area (Å²) in [6, 6.07) is 26.1. The van der Waals surface area contributed by atoms with Gasteiger partial charge >= 0.3 is 0 Å². The van der Waals surface area contributed by atoms with Crippen molar-refractivity contribution >= 4 is 11.8 Å². The molecule has 0 unspecified atom stereocenters. The number of hydrogen-bond acceptors (Lipinski definition) is 6. The highest BCUT2D eigenvalue weighted by Crippen LogP contribution is 2.42. The molecule has 7 nitrogen and oxygen atoms in total. The Morgan fingerprint density at radius 3 is 2.30 bits per heavy atom. The van der Waals surface area contributed by atoms with Crippen molar-refractivity contribution in [3.8, 4) is 5.75 Å². The van der Waals surface area contributed by atoms with Crippen LogP contribution >= 0.6 is 0 Å². The summed E-state index contributed by atoms with van der Waals surface area (Å²) in [5.41, 5.74) is 2.77. The van der Waals surface area contributed by atoms with Crippen LogP contribution in [0.25, 0.3) is 0 Å². The first-order valence-electron chi connectivity index (χ1n) is 10.8. The Morgan fingerprint density at radius 1 is 1.00 bits per heavy atom. The molecule has 0 fully saturated rings. The molecular weight excluding hydrogens is 420 g/mol. The third-order valence-electron chi connectivity index (χ3n) is 5.55. The third-order valence-corrected chi connectivity index (χ3v) is 5.55. The molecule has 0 spiro atoms. The molecule has 0 radical (unpaired) electrons. The van der Waals surface area contributed by atoms with Crippen LogP contribution in [-0.4, -0.2) is 40.9 Å². The number of carbonyl (C=O) groups is 1. The Balaban J connectivity index is 1.72. The maximum Gasteiger partial charge on any atom is 0.275 e. The van der Waals surface area contributed by atoms with Gasteiger partial charge in [-0.25, -0.2) is 10.5 Å². The molecule has 170 valence electrons. The summed E-state index contributed by atoms with van der Waals surface area (Å²) in [6.45, 7) is 0.486. The van der Waals surface area contributed by atoms with Gasteiger partial charge in [-0.1, -0.05) is 60.7 Å². The van der Waals surface area contributed by atoms with Gasteiger partial charge in [0.05, 0.1) is 6.61 Å². The van der Waals surface area contributed by atoms with E-state index in [1.165, 1.54) is 0 Å². The molecule has 0 saturated heterocycles. The lowest BCUT2D eigenvalue weighted by Crippen LogP contribution is -2.49. The Kier molecular flexibility index (Phi) is 7.02. The number of nitrogens with zero attached hydrogens (tertiary/aromatic N) is 1. The Labute approximate surface area is 192 Å². The van der Waals surface area contributed by atoms with Gasteiger partial charge < -0.3 is 14.6 Å². The first-order chi connectivity index (χ1) is 16.2. The van der Waals surface area contributed by atoms with Gasteiger partial charge in [0.2, 0.25) is 5.90 Å². The Hall–Kier alpha value is -3.68. The highest BCUT2D eigenvalue weighted by atomic mass is 16.5. The van der Waals surface area contributed by atoms with E-state index in [1.54, 1.807) is 12.1 Å². The van der Waals surface area contributed by atoms with Crippen molar-refractivity contribution in [1.29, 1.82) is 0 Å². The molecule has 1 aliphatic rings. The molecular formula is C26H26N2O5. The normalized spacial score (nSPS) is 19.5. The fourth-order valence-electron chi connectivity index (χ4n) is 3.91. The zero-order chi connectivity index (χ0) is 23.1. The Bertz CT molecular complexity index is 1090. The van der Waals surface area contributed by atoms with Crippen molar-refractivity contribution in [2.75, 3.05) is 13.2 Å². The average Bonchev–Trinajstić information content (AvgIpc) is 3.25. The smallest absolute Gasteiger partial charge is 0.275 e. The van der Waals surface area contributed by atoms with Crippen LogP contribution in [0.2, 0.25) is 0 Å². The van der Waals surface area contributed by atoms with Gasteiger partial charge in [0, 0.05) is 25.0 Å². The topological polar surface area (TPSA) is 100 Å². The van der Waals surface area contributed by atoms with E-state index in [0.717, 1.165) is 11.1 Å². The first kappa shape index (κ1) is 22.5. The third kappa shape index (κ3) is 4.89. The summed E-state index contributed by atoms with van der Waals surface area (Å²) in [5, 5.41) is 18.5. The van der Waals surface area contributed by atoms with Crippen molar-refractivity contribution in [1.82, 2.24) is 5.48 Å². The highest BCUT2D eigenvalue weighted by molar-refractivity contribution is 6.00. The SMILES string of the molecule is O=C(NO)[C@]1(Cc2ccccc2)N=C(c2ccc(OCCCO)cc2)O[C@@H]1c1ccccc1. The summed E-state index contributed by atoms with van der Waals surface area (Å²) in [6.07, 6.45) is 0.0572. The monoisotopic (exact) mass is 446 g/mol. The van der Waals surface area contributed by atoms with Crippen LogP contribution in [0.3, 0.4) is 0 Å². The quantitative estimate of drug-likeness (QED) is 0.266. The number of nitrogens with one attached hydrogen (secondary N) is 1. The minimum atomic E-state index is -1.40. The van der Waals surface area contributed by atoms with E-state index in [9.17, 15) is 10.0 Å². The fourth-order valence-corrected chi connectivity index (χ4v) is 3.91. The van der Waals surface area contributed by atoms with Crippen LogP contribution in [0, 0.1) is 0 Å². The summed E-state index contributed by atoms with van der Waals surface area (Å²) in [4.78, 5) is 17.9. The van der Waals surface area contributed by atoms with Gasteiger partial charge in [0.15, 0.2) is 11.6 Å². The van der Waals surface area contributed by atoms with Crippen LogP contribution in [0.4, 0.5) is 0 Å². The standard InChI is InChI=1S/C26H26N2O5/c29-16-7-17-32-22-14-12-21(13-15-22)24-27-26(25(30)28-31,18-19-8-3-1-4-9-19)23(33-24)20-10-5-2-6-11-20/h1-6,8-15,23,29,31H,7,16-18H2,(H,28,30)/t23-,26-/m1/s1. The number of benzene rings is 3. The lowest BCUT2D eigenvalue weighted by atomic mass is 9.82. The summed E-state index contributed by atoms with van der Waals surface area (Å²) < 4.78 is 11.9. The highest BCUT2D eigenvalue weighted by Gasteiger charge is 2.53. The molecule has 2 atom stereocenters. The van der Waals surface area contributed by atoms with Gasteiger partial charge in [-0.05, 0) is 35.4 Å². The molecule has 7 heteroatoms. The number of ether oxygens (including phenoxy) is 2. The van der Waals surface area contributed by atoms with Crippen molar-refractivity contribution in [3.05, 3.63) is 102 Å². The lowest BCUT2D eigenvalue weighted by molar-refractivity contribution is -0.137. The molecule has 3 aromatic carbocycles. The van der Waals surface area contributed by atoms with Gasteiger partial charge in [-0.2, -0.15) is 0 Å². The number of hydroxylamine groups is 1. The van der Waals surface area contributed by atoms with Crippen LogP contribution in [0.1, 0.15) is 29.2 Å². The molecule has 3 N–H and O–H groups in total. The number of aliphatic imine (C=N–C) groups is 1. The molecule has 0 aromatic heterocycles. The maximum absolute atomic E-state index is 13.1. The second-order valence-electron chi connectivity index (χ2n) is 7.80. The van der Waals surface area contributed by atoms with E-state index in [1.807, 2.05) is 78.3 Å². The molecule has 1 amide bonds. The van der Waals surface area contributed by atoms with E-state index >= 15 is 0 Å². The number of aliphatic hydroxyl groups excluding tert-OH is 1. The number of carbonyl (C=O) groups excluding carboxylic acids is 1. The second kappa shape index (κ2) is 10.3. The predicted octanol–water partition coefficient (Wildman–Crippen LogP) is 3.45. The van der Waals surface area contributed by atoms with E-state index in [-0.39, 0.29) is 13.0 Å². The molecule has 0 saturated carbocycles.